The number of hydrogen-bond acceptors (Lipinski definition) is 11. The maximum atomic E-state index is 13.3. The Morgan fingerprint density at radius 3 is 2.00 bits per heavy atom. The van der Waals surface area contributed by atoms with Gasteiger partial charge in [-0.05, 0) is 32.6 Å². The number of rotatable bonds is 2. The van der Waals surface area contributed by atoms with Crippen LogP contribution in [-0.2, 0) is 20.0 Å². The van der Waals surface area contributed by atoms with Crippen molar-refractivity contribution in [1.82, 2.24) is 4.90 Å². The lowest BCUT2D eigenvalue weighted by Crippen LogP contribution is -2.70. The number of halogens is 1. The van der Waals surface area contributed by atoms with E-state index >= 15 is 0 Å². The Hall–Kier alpha value is -3.57. The lowest BCUT2D eigenvalue weighted by Gasteiger charge is -2.55. The number of Topliss-reactive ketones (excluding diaryl/α,β-unsaturated/α-hetero) is 2. The summed E-state index contributed by atoms with van der Waals surface area (Å²) < 4.78 is 0. The van der Waals surface area contributed by atoms with Crippen LogP contribution >= 0.6 is 12.4 Å². The van der Waals surface area contributed by atoms with Gasteiger partial charge in [0, 0.05) is 6.92 Å². The number of fused-ring (bicyclic) bond motifs is 3. The Bertz CT molecular complexity index is 1290. The van der Waals surface area contributed by atoms with Gasteiger partial charge in [0.1, 0.15) is 22.8 Å². The van der Waals surface area contributed by atoms with E-state index in [9.17, 15) is 45.0 Å². The average molecular weight is 593 g/mol. The molecule has 0 saturated carbocycles. The van der Waals surface area contributed by atoms with Crippen molar-refractivity contribution in [1.29, 1.82) is 0 Å². The number of nitrogens with two attached hydrogens (primary N) is 1. The van der Waals surface area contributed by atoms with Crippen molar-refractivity contribution in [2.24, 2.45) is 17.6 Å². The minimum atomic E-state index is -3.02. The number of aliphatic hydroxyl groups excluding tert-OH is 3. The zero-order valence-electron chi connectivity index (χ0n) is 21.7. The number of carbonyl (C=O) groups excluding carboxylic acids is 3. The highest BCUT2D eigenvalue weighted by Gasteiger charge is 2.69. The molecule has 0 radical (unpaired) electrons. The van der Waals surface area contributed by atoms with E-state index in [1.54, 1.807) is 0 Å². The van der Waals surface area contributed by atoms with Gasteiger partial charge in [0.2, 0.25) is 5.78 Å². The van der Waals surface area contributed by atoms with Crippen LogP contribution in [0.25, 0.3) is 0 Å². The molecule has 0 unspecified atom stereocenters. The largest absolute Gasteiger partial charge is 0.510 e. The van der Waals surface area contributed by atoms with E-state index in [2.05, 4.69) is 0 Å². The summed E-state index contributed by atoms with van der Waals surface area (Å²) in [5, 5.41) is 73.9. The number of carboxylic acids is 1. The molecule has 4 rings (SSSR count). The number of ketones is 2. The van der Waals surface area contributed by atoms with E-state index in [0.29, 0.717) is 0 Å². The number of benzene rings is 1. The molecule has 15 nitrogen and oxygen atoms in total. The van der Waals surface area contributed by atoms with Crippen LogP contribution < -0.4 is 5.73 Å². The third-order valence-electron chi connectivity index (χ3n) is 7.04. The van der Waals surface area contributed by atoms with E-state index < -0.39 is 87.0 Å². The fourth-order valence-electron chi connectivity index (χ4n) is 5.60. The molecule has 0 heterocycles. The highest BCUT2D eigenvalue weighted by Crippen LogP contribution is 2.56. The summed E-state index contributed by atoms with van der Waals surface area (Å²) in [6.07, 6.45) is -1.87. The van der Waals surface area contributed by atoms with Crippen LogP contribution in [0, 0.1) is 11.8 Å². The van der Waals surface area contributed by atoms with Crippen molar-refractivity contribution in [2.75, 3.05) is 14.1 Å². The smallest absolute Gasteiger partial charge is 0.300 e. The summed E-state index contributed by atoms with van der Waals surface area (Å²) in [5.41, 5.74) is -1.88. The number of amides is 1. The summed E-state index contributed by atoms with van der Waals surface area (Å²) in [6.45, 7) is 2.34. The summed E-state index contributed by atoms with van der Waals surface area (Å²) >= 11 is 0. The first-order chi connectivity index (χ1) is 16.9. The first kappa shape index (κ1) is 36.4. The summed E-state index contributed by atoms with van der Waals surface area (Å²) in [4.78, 5) is 48.8. The predicted molar refractivity (Wildman–Crippen MR) is 139 cm³/mol. The number of carbonyl (C=O) groups is 4. The van der Waals surface area contributed by atoms with Crippen LogP contribution in [0.15, 0.2) is 40.9 Å². The number of hydrogen-bond donors (Lipinski definition) is 8. The van der Waals surface area contributed by atoms with Crippen LogP contribution in [0.1, 0.15) is 29.8 Å². The number of likely N-dealkylation sites (N-methyl/N-ethyl adjacent to an activating group) is 1. The van der Waals surface area contributed by atoms with Crippen LogP contribution in [0.5, 0.6) is 5.75 Å². The summed E-state index contributed by atoms with van der Waals surface area (Å²) in [5.74, 6) is -10.5. The molecule has 3 aliphatic rings. The molecule has 13 N–H and O–H groups in total. The minimum absolute atomic E-state index is 0. The van der Waals surface area contributed by atoms with E-state index in [1.165, 1.54) is 44.1 Å². The zero-order valence-corrected chi connectivity index (χ0v) is 22.6. The first-order valence-corrected chi connectivity index (χ1v) is 11.0. The SMILES string of the molecule is CC(=O)O.CN(C)[C@@H]1C(O)=C(C(N)=O)C(=O)[C@@]2(O)C(O)=C3C(=O)c4c(O)cccc4[C@@](C)(O)[C@H]3[C@H](O)[C@@H]12.Cl.O.O. The molecular formula is C24H33ClN2O13. The van der Waals surface area contributed by atoms with Crippen LogP contribution in [0.2, 0.25) is 0 Å². The van der Waals surface area contributed by atoms with Crippen molar-refractivity contribution in [3.05, 3.63) is 52.0 Å². The van der Waals surface area contributed by atoms with Crippen molar-refractivity contribution in [2.45, 2.75) is 37.2 Å². The van der Waals surface area contributed by atoms with Gasteiger partial charge in [-0.25, -0.2) is 0 Å². The Morgan fingerprint density at radius 1 is 1.05 bits per heavy atom. The van der Waals surface area contributed by atoms with Crippen molar-refractivity contribution in [3.8, 4) is 5.75 Å². The Kier molecular flexibility index (Phi) is 10.8. The highest BCUT2D eigenvalue weighted by atomic mass is 35.5. The lowest BCUT2D eigenvalue weighted by molar-refractivity contribution is -0.173. The minimum Gasteiger partial charge on any atom is -0.510 e. The molecule has 3 aliphatic carbocycles. The third kappa shape index (κ3) is 4.92. The molecule has 40 heavy (non-hydrogen) atoms. The topological polar surface area (TPSA) is 302 Å². The second-order valence-corrected chi connectivity index (χ2v) is 9.58. The van der Waals surface area contributed by atoms with Crippen molar-refractivity contribution >= 4 is 35.9 Å². The van der Waals surface area contributed by atoms with Crippen LogP contribution in [-0.4, -0.2) is 107 Å². The van der Waals surface area contributed by atoms with E-state index in [1.807, 2.05) is 0 Å². The van der Waals surface area contributed by atoms with Crippen molar-refractivity contribution < 1.29 is 65.9 Å². The second-order valence-electron chi connectivity index (χ2n) is 9.58. The number of aliphatic hydroxyl groups is 5. The first-order valence-electron chi connectivity index (χ1n) is 11.0. The van der Waals surface area contributed by atoms with Gasteiger partial charge in [0.15, 0.2) is 11.4 Å². The number of aliphatic carboxylic acids is 1. The predicted octanol–water partition coefficient (Wildman–Crippen LogP) is -2.38. The molecule has 1 aromatic carbocycles. The monoisotopic (exact) mass is 592 g/mol. The maximum Gasteiger partial charge on any atom is 0.300 e. The standard InChI is InChI=1S/C22H24N2O9.C2H4O2.ClH.2H2O/c1-21(32)7-5-4-6-8(25)9(7)15(26)10-12(21)17(28)13-14(24(2)3)16(27)11(20(23)31)19(30)22(13,33)18(10)29;1-2(3)4;;;/h4-6,12-14,17,25,27-29,32-33H,1-3H3,(H2,23,31);1H3,(H,3,4);1H;2*1H2/t12-,13-,14+,17+,21-,22+;;;;/m1..../s1. The van der Waals surface area contributed by atoms with Gasteiger partial charge < -0.3 is 52.4 Å². The second kappa shape index (κ2) is 11.9. The number of nitrogens with zero attached hydrogens (tertiary/aromatic N) is 1. The van der Waals surface area contributed by atoms with E-state index in [-0.39, 0.29) is 34.5 Å². The quantitative estimate of drug-likeness (QED) is 0.167. The number of primary amides is 1. The van der Waals surface area contributed by atoms with Gasteiger partial charge in [0.05, 0.1) is 40.7 Å². The molecule has 224 valence electrons. The molecule has 1 aromatic rings. The normalized spacial score (nSPS) is 30.3. The molecule has 16 heteroatoms. The van der Waals surface area contributed by atoms with Gasteiger partial charge in [-0.2, -0.15) is 0 Å². The molecule has 0 aliphatic heterocycles. The Balaban J connectivity index is 0.00000204. The molecule has 1 amide bonds. The molecule has 0 aromatic heterocycles. The fourth-order valence-corrected chi connectivity index (χ4v) is 5.60. The average Bonchev–Trinajstić information content (AvgIpc) is 2.75. The summed E-state index contributed by atoms with van der Waals surface area (Å²) in [7, 11) is 2.85. The van der Waals surface area contributed by atoms with Crippen molar-refractivity contribution in [3.63, 3.8) is 0 Å². The molecule has 0 bridgehead atoms. The van der Waals surface area contributed by atoms with Gasteiger partial charge in [0.25, 0.3) is 11.9 Å². The van der Waals surface area contributed by atoms with Gasteiger partial charge >= 0.3 is 0 Å². The Labute approximate surface area is 233 Å². The van der Waals surface area contributed by atoms with Gasteiger partial charge in [-0.1, -0.05) is 12.1 Å². The highest BCUT2D eigenvalue weighted by molar-refractivity contribution is 6.25. The number of carboxylic acid groups (broad SMARTS) is 1. The zero-order chi connectivity index (χ0) is 28.4. The Morgan fingerprint density at radius 2 is 1.55 bits per heavy atom. The maximum absolute atomic E-state index is 13.3. The lowest BCUT2D eigenvalue weighted by atomic mass is 9.54. The van der Waals surface area contributed by atoms with E-state index in [0.717, 1.165) is 6.92 Å². The molecule has 0 saturated heterocycles. The van der Waals surface area contributed by atoms with E-state index in [4.69, 9.17) is 15.6 Å². The third-order valence-corrected chi connectivity index (χ3v) is 7.04. The van der Waals surface area contributed by atoms with Gasteiger partial charge in [-0.15, -0.1) is 12.4 Å². The number of aromatic hydroxyl groups is 1. The van der Waals surface area contributed by atoms with Gasteiger partial charge in [-0.3, -0.25) is 24.1 Å². The fraction of sp³-hybridized carbons (Fsp3) is 0.417. The number of phenolic OH excluding ortho intramolecular Hbond substituents is 1. The molecule has 0 spiro atoms. The molecular weight excluding hydrogens is 560 g/mol. The van der Waals surface area contributed by atoms with Crippen LogP contribution in [0.3, 0.4) is 0 Å². The summed E-state index contributed by atoms with van der Waals surface area (Å²) in [6, 6.07) is 2.54. The van der Waals surface area contributed by atoms with Crippen LogP contribution in [0.4, 0.5) is 0 Å². The molecule has 6 atom stereocenters. The number of phenols is 1. The molecule has 0 fully saturated rings.